The topological polar surface area (TPSA) is 21.3 Å². The van der Waals surface area contributed by atoms with Gasteiger partial charge in [0.2, 0.25) is 0 Å². The summed E-state index contributed by atoms with van der Waals surface area (Å²) >= 11 is 0. The van der Waals surface area contributed by atoms with Gasteiger partial charge in [-0.1, -0.05) is 29.8 Å². The molecule has 0 amide bonds. The lowest BCUT2D eigenvalue weighted by Crippen LogP contribution is -2.34. The van der Waals surface area contributed by atoms with Crippen molar-refractivity contribution in [3.63, 3.8) is 0 Å². The Morgan fingerprint density at radius 3 is 2.67 bits per heavy atom. The van der Waals surface area contributed by atoms with Crippen molar-refractivity contribution in [2.24, 2.45) is 0 Å². The second-order valence-corrected chi connectivity index (χ2v) is 4.34. The number of aryl methyl sites for hydroxylation is 1. The monoisotopic (exact) mass is 205 g/mol. The normalized spacial score (nSPS) is 25.7. The second kappa shape index (κ2) is 4.77. The zero-order chi connectivity index (χ0) is 10.7. The Balaban J connectivity index is 1.85. The molecule has 0 saturated carbocycles. The third kappa shape index (κ3) is 2.80. The van der Waals surface area contributed by atoms with Crippen molar-refractivity contribution in [1.29, 1.82) is 0 Å². The molecule has 1 aromatic carbocycles. The molecule has 1 aliphatic heterocycles. The largest absolute Gasteiger partial charge is 0.377 e. The summed E-state index contributed by atoms with van der Waals surface area (Å²) in [7, 11) is 0. The van der Waals surface area contributed by atoms with Gasteiger partial charge in [0.25, 0.3) is 0 Å². The minimum Gasteiger partial charge on any atom is -0.377 e. The minimum absolute atomic E-state index is 0.357. The molecule has 2 heteroatoms. The molecule has 82 valence electrons. The van der Waals surface area contributed by atoms with Gasteiger partial charge in [0.05, 0.1) is 6.10 Å². The highest BCUT2D eigenvalue weighted by Gasteiger charge is 2.22. The first-order valence-corrected chi connectivity index (χ1v) is 5.66. The third-order valence-electron chi connectivity index (χ3n) is 3.07. The maximum atomic E-state index is 5.51. The van der Waals surface area contributed by atoms with E-state index < -0.39 is 0 Å². The van der Waals surface area contributed by atoms with Gasteiger partial charge in [0, 0.05) is 19.2 Å². The number of rotatable bonds is 3. The molecule has 2 atom stereocenters. The van der Waals surface area contributed by atoms with Crippen LogP contribution in [0.4, 0.5) is 0 Å². The lowest BCUT2D eigenvalue weighted by Gasteiger charge is -2.15. The molecular weight excluding hydrogens is 186 g/mol. The SMILES string of the molecule is Cc1ccc(CN[C@H]2CCO[C@H]2C)cc1. The quantitative estimate of drug-likeness (QED) is 0.817. The standard InChI is InChI=1S/C13H19NO/c1-10-3-5-12(6-4-10)9-14-13-7-8-15-11(13)2/h3-6,11,13-14H,7-9H2,1-2H3/t11-,13-/m0/s1. The first kappa shape index (κ1) is 10.7. The zero-order valence-electron chi connectivity index (χ0n) is 9.49. The molecule has 2 rings (SSSR count). The lowest BCUT2D eigenvalue weighted by molar-refractivity contribution is 0.113. The van der Waals surface area contributed by atoms with Crippen LogP contribution >= 0.6 is 0 Å². The summed E-state index contributed by atoms with van der Waals surface area (Å²) in [5.74, 6) is 0. The van der Waals surface area contributed by atoms with Gasteiger partial charge >= 0.3 is 0 Å². The van der Waals surface area contributed by atoms with E-state index in [4.69, 9.17) is 4.74 Å². The van der Waals surface area contributed by atoms with Crippen molar-refractivity contribution in [2.45, 2.75) is 39.0 Å². The highest BCUT2D eigenvalue weighted by molar-refractivity contribution is 5.21. The van der Waals surface area contributed by atoms with E-state index in [1.807, 2.05) is 0 Å². The zero-order valence-corrected chi connectivity index (χ0v) is 9.49. The summed E-state index contributed by atoms with van der Waals surface area (Å²) < 4.78 is 5.51. The molecular formula is C13H19NO. The van der Waals surface area contributed by atoms with Crippen LogP contribution in [-0.4, -0.2) is 18.8 Å². The molecule has 15 heavy (non-hydrogen) atoms. The first-order chi connectivity index (χ1) is 7.25. The van der Waals surface area contributed by atoms with Crippen molar-refractivity contribution in [3.05, 3.63) is 35.4 Å². The fourth-order valence-electron chi connectivity index (χ4n) is 1.95. The van der Waals surface area contributed by atoms with Gasteiger partial charge in [0.1, 0.15) is 0 Å². The van der Waals surface area contributed by atoms with Gasteiger partial charge in [0.15, 0.2) is 0 Å². The average molecular weight is 205 g/mol. The molecule has 1 heterocycles. The number of ether oxygens (including phenoxy) is 1. The molecule has 1 fully saturated rings. The van der Waals surface area contributed by atoms with Gasteiger partial charge in [-0.3, -0.25) is 0 Å². The molecule has 1 N–H and O–H groups in total. The smallest absolute Gasteiger partial charge is 0.0700 e. The third-order valence-corrected chi connectivity index (χ3v) is 3.07. The van der Waals surface area contributed by atoms with E-state index in [0.29, 0.717) is 12.1 Å². The van der Waals surface area contributed by atoms with Crippen LogP contribution in [0.3, 0.4) is 0 Å². The van der Waals surface area contributed by atoms with Crippen LogP contribution in [0.2, 0.25) is 0 Å². The Bertz CT molecular complexity index is 307. The van der Waals surface area contributed by atoms with Crippen LogP contribution in [0.1, 0.15) is 24.5 Å². The van der Waals surface area contributed by atoms with Gasteiger partial charge in [-0.05, 0) is 25.8 Å². The Morgan fingerprint density at radius 2 is 2.07 bits per heavy atom. The molecule has 1 aromatic rings. The molecule has 0 spiro atoms. The first-order valence-electron chi connectivity index (χ1n) is 5.66. The highest BCUT2D eigenvalue weighted by Crippen LogP contribution is 2.13. The Labute approximate surface area is 91.6 Å². The predicted octanol–water partition coefficient (Wildman–Crippen LogP) is 2.26. The molecule has 0 unspecified atom stereocenters. The van der Waals surface area contributed by atoms with Crippen molar-refractivity contribution in [1.82, 2.24) is 5.32 Å². The van der Waals surface area contributed by atoms with E-state index in [0.717, 1.165) is 19.6 Å². The predicted molar refractivity (Wildman–Crippen MR) is 61.8 cm³/mol. The van der Waals surface area contributed by atoms with E-state index in [2.05, 4.69) is 43.4 Å². The van der Waals surface area contributed by atoms with Crippen LogP contribution in [0, 0.1) is 6.92 Å². The molecule has 1 aliphatic rings. The maximum Gasteiger partial charge on any atom is 0.0700 e. The lowest BCUT2D eigenvalue weighted by atomic mass is 10.1. The van der Waals surface area contributed by atoms with Crippen LogP contribution in [0.25, 0.3) is 0 Å². The van der Waals surface area contributed by atoms with Crippen LogP contribution in [-0.2, 0) is 11.3 Å². The Kier molecular flexibility index (Phi) is 3.39. The fraction of sp³-hybridized carbons (Fsp3) is 0.538. The van der Waals surface area contributed by atoms with Gasteiger partial charge < -0.3 is 10.1 Å². The highest BCUT2D eigenvalue weighted by atomic mass is 16.5. The minimum atomic E-state index is 0.357. The van der Waals surface area contributed by atoms with E-state index in [1.165, 1.54) is 11.1 Å². The summed E-state index contributed by atoms with van der Waals surface area (Å²) in [5, 5.41) is 3.54. The summed E-state index contributed by atoms with van der Waals surface area (Å²) in [5.41, 5.74) is 2.66. The van der Waals surface area contributed by atoms with Crippen molar-refractivity contribution < 1.29 is 4.74 Å². The number of hydrogen-bond donors (Lipinski definition) is 1. The van der Waals surface area contributed by atoms with E-state index >= 15 is 0 Å². The van der Waals surface area contributed by atoms with Crippen LogP contribution in [0.15, 0.2) is 24.3 Å². The molecule has 0 aromatic heterocycles. The van der Waals surface area contributed by atoms with Gasteiger partial charge in [-0.15, -0.1) is 0 Å². The molecule has 2 nitrogen and oxygen atoms in total. The van der Waals surface area contributed by atoms with Crippen molar-refractivity contribution >= 4 is 0 Å². The Morgan fingerprint density at radius 1 is 1.33 bits per heavy atom. The van der Waals surface area contributed by atoms with Crippen molar-refractivity contribution in [2.75, 3.05) is 6.61 Å². The summed E-state index contributed by atoms with van der Waals surface area (Å²) in [6.45, 7) is 6.09. The van der Waals surface area contributed by atoms with Gasteiger partial charge in [-0.25, -0.2) is 0 Å². The molecule has 0 radical (unpaired) electrons. The maximum absolute atomic E-state index is 5.51. The summed E-state index contributed by atoms with van der Waals surface area (Å²) in [6.07, 6.45) is 1.49. The molecule has 0 bridgehead atoms. The van der Waals surface area contributed by atoms with E-state index in [-0.39, 0.29) is 0 Å². The van der Waals surface area contributed by atoms with Crippen LogP contribution < -0.4 is 5.32 Å². The molecule has 1 saturated heterocycles. The Hall–Kier alpha value is -0.860. The summed E-state index contributed by atoms with van der Waals surface area (Å²) in [6, 6.07) is 9.20. The van der Waals surface area contributed by atoms with E-state index in [1.54, 1.807) is 0 Å². The van der Waals surface area contributed by atoms with E-state index in [9.17, 15) is 0 Å². The number of nitrogens with one attached hydrogen (secondary N) is 1. The van der Waals surface area contributed by atoms with Crippen LogP contribution in [0.5, 0.6) is 0 Å². The fourth-order valence-corrected chi connectivity index (χ4v) is 1.95. The van der Waals surface area contributed by atoms with Gasteiger partial charge in [-0.2, -0.15) is 0 Å². The molecule has 0 aliphatic carbocycles. The second-order valence-electron chi connectivity index (χ2n) is 4.34. The summed E-state index contributed by atoms with van der Waals surface area (Å²) in [4.78, 5) is 0. The number of hydrogen-bond acceptors (Lipinski definition) is 2. The average Bonchev–Trinajstić information content (AvgIpc) is 2.63. The van der Waals surface area contributed by atoms with Crippen molar-refractivity contribution in [3.8, 4) is 0 Å². The number of benzene rings is 1.